The van der Waals surface area contributed by atoms with Crippen LogP contribution in [-0.4, -0.2) is 22.2 Å². The van der Waals surface area contributed by atoms with Crippen LogP contribution >= 0.6 is 0 Å². The summed E-state index contributed by atoms with van der Waals surface area (Å²) >= 11 is 0. The molecule has 0 aliphatic heterocycles. The standard InChI is InChI=1S/C15H26O4/c1-2-3-4-5-6-7-8-9-10-11-13(15(18)19)12-14(16)17/h2,13H,1,3-12H2,(H,16,17)(H,18,19). The number of hydrogen-bond acceptors (Lipinski definition) is 2. The molecule has 0 aromatic rings. The normalized spacial score (nSPS) is 12.0. The van der Waals surface area contributed by atoms with Gasteiger partial charge >= 0.3 is 11.9 Å². The van der Waals surface area contributed by atoms with Crippen LogP contribution in [0.25, 0.3) is 0 Å². The van der Waals surface area contributed by atoms with E-state index in [1.165, 1.54) is 25.7 Å². The predicted octanol–water partition coefficient (Wildman–Crippen LogP) is 3.86. The molecule has 0 aliphatic rings. The highest BCUT2D eigenvalue weighted by atomic mass is 16.4. The van der Waals surface area contributed by atoms with E-state index >= 15 is 0 Å². The van der Waals surface area contributed by atoms with Crippen LogP contribution in [0.3, 0.4) is 0 Å². The van der Waals surface area contributed by atoms with Gasteiger partial charge in [-0.1, -0.05) is 44.6 Å². The number of allylic oxidation sites excluding steroid dienone is 1. The molecule has 0 fully saturated rings. The highest BCUT2D eigenvalue weighted by Crippen LogP contribution is 2.16. The van der Waals surface area contributed by atoms with Crippen molar-refractivity contribution in [3.8, 4) is 0 Å². The third kappa shape index (κ3) is 11.5. The van der Waals surface area contributed by atoms with Crippen molar-refractivity contribution < 1.29 is 19.8 Å². The summed E-state index contributed by atoms with van der Waals surface area (Å²) in [5.74, 6) is -2.76. The van der Waals surface area contributed by atoms with E-state index in [1.807, 2.05) is 6.08 Å². The van der Waals surface area contributed by atoms with Crippen molar-refractivity contribution in [2.75, 3.05) is 0 Å². The molecule has 110 valence electrons. The highest BCUT2D eigenvalue weighted by Gasteiger charge is 2.19. The molecule has 0 saturated carbocycles. The summed E-state index contributed by atoms with van der Waals surface area (Å²) < 4.78 is 0. The van der Waals surface area contributed by atoms with Crippen LogP contribution in [0.2, 0.25) is 0 Å². The minimum absolute atomic E-state index is 0.267. The van der Waals surface area contributed by atoms with Gasteiger partial charge in [0.1, 0.15) is 0 Å². The van der Waals surface area contributed by atoms with Crippen LogP contribution in [0.1, 0.15) is 64.2 Å². The first kappa shape index (κ1) is 17.7. The molecule has 4 nitrogen and oxygen atoms in total. The van der Waals surface area contributed by atoms with Crippen molar-refractivity contribution in [3.63, 3.8) is 0 Å². The lowest BCUT2D eigenvalue weighted by atomic mass is 9.97. The first-order chi connectivity index (χ1) is 9.07. The van der Waals surface area contributed by atoms with Gasteiger partial charge in [-0.05, 0) is 19.3 Å². The summed E-state index contributed by atoms with van der Waals surface area (Å²) in [6.07, 6.45) is 10.9. The fourth-order valence-corrected chi connectivity index (χ4v) is 2.09. The van der Waals surface area contributed by atoms with E-state index in [2.05, 4.69) is 6.58 Å². The minimum atomic E-state index is -1.03. The average Bonchev–Trinajstić information content (AvgIpc) is 2.34. The van der Waals surface area contributed by atoms with Crippen molar-refractivity contribution in [3.05, 3.63) is 12.7 Å². The summed E-state index contributed by atoms with van der Waals surface area (Å²) in [6.45, 7) is 3.68. The smallest absolute Gasteiger partial charge is 0.307 e. The van der Waals surface area contributed by atoms with Gasteiger partial charge in [-0.15, -0.1) is 6.58 Å². The van der Waals surface area contributed by atoms with E-state index in [1.54, 1.807) is 0 Å². The first-order valence-electron chi connectivity index (χ1n) is 7.13. The molecule has 0 saturated heterocycles. The Labute approximate surface area is 115 Å². The number of hydrogen-bond donors (Lipinski definition) is 2. The summed E-state index contributed by atoms with van der Waals surface area (Å²) in [6, 6.07) is 0. The number of carboxylic acids is 2. The van der Waals surface area contributed by atoms with E-state index in [-0.39, 0.29) is 6.42 Å². The molecule has 0 spiro atoms. The zero-order chi connectivity index (χ0) is 14.5. The Morgan fingerprint density at radius 1 is 0.947 bits per heavy atom. The molecule has 1 unspecified atom stereocenters. The molecule has 0 amide bonds. The summed E-state index contributed by atoms with van der Waals surface area (Å²) in [5.41, 5.74) is 0. The van der Waals surface area contributed by atoms with E-state index in [0.717, 1.165) is 25.7 Å². The lowest BCUT2D eigenvalue weighted by molar-refractivity contribution is -0.148. The third-order valence-electron chi connectivity index (χ3n) is 3.23. The Morgan fingerprint density at radius 3 is 1.95 bits per heavy atom. The lowest BCUT2D eigenvalue weighted by Gasteiger charge is -2.09. The Morgan fingerprint density at radius 2 is 1.47 bits per heavy atom. The molecule has 0 radical (unpaired) electrons. The number of rotatable bonds is 13. The van der Waals surface area contributed by atoms with Gasteiger partial charge in [0.25, 0.3) is 0 Å². The maximum atomic E-state index is 10.8. The SMILES string of the molecule is C=CCCCCCCCCCC(CC(=O)O)C(=O)O. The van der Waals surface area contributed by atoms with Gasteiger partial charge in [-0.25, -0.2) is 0 Å². The molecule has 0 heterocycles. The van der Waals surface area contributed by atoms with Crippen LogP contribution < -0.4 is 0 Å². The Balaban J connectivity index is 3.47. The number of aliphatic carboxylic acids is 2. The minimum Gasteiger partial charge on any atom is -0.481 e. The molecule has 0 rings (SSSR count). The molecule has 0 aromatic carbocycles. The van der Waals surface area contributed by atoms with Crippen LogP contribution in [0.4, 0.5) is 0 Å². The van der Waals surface area contributed by atoms with Crippen LogP contribution in [0.15, 0.2) is 12.7 Å². The van der Waals surface area contributed by atoms with Crippen LogP contribution in [0.5, 0.6) is 0 Å². The highest BCUT2D eigenvalue weighted by molar-refractivity contribution is 5.77. The van der Waals surface area contributed by atoms with Crippen molar-refractivity contribution in [2.24, 2.45) is 5.92 Å². The van der Waals surface area contributed by atoms with Gasteiger partial charge in [0.2, 0.25) is 0 Å². The molecule has 0 aromatic heterocycles. The number of carboxylic acid groups (broad SMARTS) is 2. The molecular weight excluding hydrogens is 244 g/mol. The van der Waals surface area contributed by atoms with E-state index in [4.69, 9.17) is 10.2 Å². The zero-order valence-electron chi connectivity index (χ0n) is 11.6. The van der Waals surface area contributed by atoms with Gasteiger partial charge in [0.15, 0.2) is 0 Å². The van der Waals surface area contributed by atoms with Crippen molar-refractivity contribution >= 4 is 11.9 Å². The Kier molecular flexibility index (Phi) is 10.9. The zero-order valence-corrected chi connectivity index (χ0v) is 11.6. The van der Waals surface area contributed by atoms with Gasteiger partial charge < -0.3 is 10.2 Å². The van der Waals surface area contributed by atoms with E-state index in [0.29, 0.717) is 6.42 Å². The van der Waals surface area contributed by atoms with Crippen LogP contribution in [-0.2, 0) is 9.59 Å². The molecule has 0 aliphatic carbocycles. The largest absolute Gasteiger partial charge is 0.481 e. The second-order valence-electron chi connectivity index (χ2n) is 4.97. The van der Waals surface area contributed by atoms with E-state index in [9.17, 15) is 9.59 Å². The monoisotopic (exact) mass is 270 g/mol. The first-order valence-corrected chi connectivity index (χ1v) is 7.13. The van der Waals surface area contributed by atoms with Gasteiger partial charge in [-0.3, -0.25) is 9.59 Å². The van der Waals surface area contributed by atoms with Gasteiger partial charge in [0, 0.05) is 0 Å². The maximum Gasteiger partial charge on any atom is 0.307 e. The molecule has 4 heteroatoms. The van der Waals surface area contributed by atoms with Gasteiger partial charge in [0.05, 0.1) is 12.3 Å². The Hall–Kier alpha value is -1.32. The predicted molar refractivity (Wildman–Crippen MR) is 75.1 cm³/mol. The fourth-order valence-electron chi connectivity index (χ4n) is 2.09. The average molecular weight is 270 g/mol. The Bertz CT molecular complexity index is 273. The molecule has 2 N–H and O–H groups in total. The number of unbranched alkanes of at least 4 members (excludes halogenated alkanes) is 7. The van der Waals surface area contributed by atoms with Crippen molar-refractivity contribution in [2.45, 2.75) is 64.2 Å². The molecule has 1 atom stereocenters. The summed E-state index contributed by atoms with van der Waals surface area (Å²) in [5, 5.41) is 17.5. The lowest BCUT2D eigenvalue weighted by Crippen LogP contribution is -2.17. The third-order valence-corrected chi connectivity index (χ3v) is 3.23. The quantitative estimate of drug-likeness (QED) is 0.393. The molecule has 19 heavy (non-hydrogen) atoms. The topological polar surface area (TPSA) is 74.6 Å². The molecule has 0 bridgehead atoms. The second kappa shape index (κ2) is 11.8. The van der Waals surface area contributed by atoms with Gasteiger partial charge in [-0.2, -0.15) is 0 Å². The van der Waals surface area contributed by atoms with Crippen LogP contribution in [0, 0.1) is 5.92 Å². The summed E-state index contributed by atoms with van der Waals surface area (Å²) in [7, 11) is 0. The van der Waals surface area contributed by atoms with Crippen molar-refractivity contribution in [1.29, 1.82) is 0 Å². The van der Waals surface area contributed by atoms with E-state index < -0.39 is 17.9 Å². The fraction of sp³-hybridized carbons (Fsp3) is 0.733. The van der Waals surface area contributed by atoms with Crippen molar-refractivity contribution in [1.82, 2.24) is 0 Å². The molecular formula is C15H26O4. The maximum absolute atomic E-state index is 10.8. The second-order valence-corrected chi connectivity index (χ2v) is 4.97. The number of carbonyl (C=O) groups is 2. The summed E-state index contributed by atoms with van der Waals surface area (Å²) in [4.78, 5) is 21.3.